The van der Waals surface area contributed by atoms with Crippen LogP contribution in [0.2, 0.25) is 0 Å². The summed E-state index contributed by atoms with van der Waals surface area (Å²) in [6.45, 7) is 4.72. The lowest BCUT2D eigenvalue weighted by Crippen LogP contribution is -2.35. The monoisotopic (exact) mass is 545 g/mol. The molecule has 3 atom stereocenters. The van der Waals surface area contributed by atoms with Gasteiger partial charge < -0.3 is 24.2 Å². The maximum atomic E-state index is 12.6. The molecule has 40 heavy (non-hydrogen) atoms. The van der Waals surface area contributed by atoms with Crippen LogP contribution in [0.3, 0.4) is 0 Å². The molecule has 0 saturated carbocycles. The Labute approximate surface area is 241 Å². The van der Waals surface area contributed by atoms with E-state index in [1.54, 1.807) is 0 Å². The first-order valence-electron chi connectivity index (χ1n) is 15.0. The highest BCUT2D eigenvalue weighted by Crippen LogP contribution is 2.45. The second-order valence-corrected chi connectivity index (χ2v) is 11.2. The van der Waals surface area contributed by atoms with Crippen molar-refractivity contribution in [1.29, 1.82) is 0 Å². The van der Waals surface area contributed by atoms with Crippen LogP contribution in [0.4, 0.5) is 0 Å². The zero-order chi connectivity index (χ0) is 28.2. The molecule has 4 rings (SSSR count). The van der Waals surface area contributed by atoms with E-state index in [1.807, 2.05) is 66.7 Å². The number of hydrogen-bond acceptors (Lipinski definition) is 5. The van der Waals surface area contributed by atoms with Crippen LogP contribution in [0, 0.1) is 0 Å². The summed E-state index contributed by atoms with van der Waals surface area (Å²) in [5.41, 5.74) is 1.58. The zero-order valence-corrected chi connectivity index (χ0v) is 24.6. The Hall–Kier alpha value is -2.86. The second kappa shape index (κ2) is 15.2. The van der Waals surface area contributed by atoms with Crippen molar-refractivity contribution in [3.63, 3.8) is 0 Å². The van der Waals surface area contributed by atoms with Gasteiger partial charge in [-0.3, -0.25) is 0 Å². The number of nitrogens with zero attached hydrogens (tertiary/aromatic N) is 1. The SMILES string of the molecule is CCC(c1ccccc1)C(O)(c1ccc(OCCCCCCN(C)C)cc1)c1ccc(OC2CCCCO2)cc1. The van der Waals surface area contributed by atoms with E-state index in [2.05, 4.69) is 38.1 Å². The normalized spacial score (nSPS) is 17.8. The van der Waals surface area contributed by atoms with E-state index >= 15 is 0 Å². The Kier molecular flexibility index (Phi) is 11.5. The lowest BCUT2D eigenvalue weighted by molar-refractivity contribution is -0.105. The van der Waals surface area contributed by atoms with E-state index < -0.39 is 5.60 Å². The van der Waals surface area contributed by atoms with E-state index in [0.717, 1.165) is 73.4 Å². The molecule has 3 unspecified atom stereocenters. The molecule has 0 aromatic heterocycles. The van der Waals surface area contributed by atoms with E-state index in [1.165, 1.54) is 19.3 Å². The van der Waals surface area contributed by atoms with Gasteiger partial charge in [-0.1, -0.05) is 74.4 Å². The van der Waals surface area contributed by atoms with E-state index in [4.69, 9.17) is 14.2 Å². The second-order valence-electron chi connectivity index (χ2n) is 11.2. The minimum atomic E-state index is -1.22. The van der Waals surface area contributed by atoms with Crippen molar-refractivity contribution in [2.45, 2.75) is 76.1 Å². The summed E-state index contributed by atoms with van der Waals surface area (Å²) >= 11 is 0. The van der Waals surface area contributed by atoms with Gasteiger partial charge >= 0.3 is 0 Å². The van der Waals surface area contributed by atoms with Crippen LogP contribution < -0.4 is 9.47 Å². The number of benzene rings is 3. The van der Waals surface area contributed by atoms with Crippen LogP contribution in [-0.2, 0) is 10.3 Å². The topological polar surface area (TPSA) is 51.2 Å². The van der Waals surface area contributed by atoms with Gasteiger partial charge in [0.2, 0.25) is 0 Å². The number of ether oxygens (including phenoxy) is 3. The molecular weight excluding hydrogens is 498 g/mol. The third-order valence-electron chi connectivity index (χ3n) is 7.88. The molecule has 1 heterocycles. The molecule has 3 aromatic rings. The molecule has 1 fully saturated rings. The zero-order valence-electron chi connectivity index (χ0n) is 24.6. The molecule has 0 radical (unpaired) electrons. The van der Waals surface area contributed by atoms with Crippen molar-refractivity contribution in [2.24, 2.45) is 0 Å². The summed E-state index contributed by atoms with van der Waals surface area (Å²) < 4.78 is 17.9. The predicted octanol–water partition coefficient (Wildman–Crippen LogP) is 7.52. The number of hydrogen-bond donors (Lipinski definition) is 1. The summed E-state index contributed by atoms with van der Waals surface area (Å²) in [5, 5.41) is 12.6. The molecule has 5 heteroatoms. The highest BCUT2D eigenvalue weighted by molar-refractivity contribution is 5.45. The molecule has 0 spiro atoms. The van der Waals surface area contributed by atoms with Crippen molar-refractivity contribution in [3.8, 4) is 11.5 Å². The minimum Gasteiger partial charge on any atom is -0.494 e. The first kappa shape index (κ1) is 30.1. The van der Waals surface area contributed by atoms with Crippen molar-refractivity contribution >= 4 is 0 Å². The van der Waals surface area contributed by atoms with Gasteiger partial charge in [0.15, 0.2) is 6.29 Å². The third kappa shape index (κ3) is 8.09. The minimum absolute atomic E-state index is 0.129. The largest absolute Gasteiger partial charge is 0.494 e. The summed E-state index contributed by atoms with van der Waals surface area (Å²) in [5.74, 6) is 1.47. The first-order valence-corrected chi connectivity index (χ1v) is 15.0. The van der Waals surface area contributed by atoms with Gasteiger partial charge in [0, 0.05) is 12.3 Å². The fourth-order valence-corrected chi connectivity index (χ4v) is 5.65. The maximum absolute atomic E-state index is 12.6. The Balaban J connectivity index is 1.50. The van der Waals surface area contributed by atoms with Gasteiger partial charge in [0.05, 0.1) is 13.2 Å². The Morgan fingerprint density at radius 1 is 0.850 bits per heavy atom. The molecule has 0 amide bonds. The molecule has 3 aromatic carbocycles. The Bertz CT molecular complexity index is 1110. The molecule has 5 nitrogen and oxygen atoms in total. The van der Waals surface area contributed by atoms with E-state index in [-0.39, 0.29) is 12.2 Å². The maximum Gasteiger partial charge on any atom is 0.199 e. The highest BCUT2D eigenvalue weighted by atomic mass is 16.7. The first-order chi connectivity index (χ1) is 19.5. The summed E-state index contributed by atoms with van der Waals surface area (Å²) in [6, 6.07) is 26.2. The lowest BCUT2D eigenvalue weighted by atomic mass is 9.72. The molecule has 1 aliphatic heterocycles. The van der Waals surface area contributed by atoms with Crippen LogP contribution in [0.5, 0.6) is 11.5 Å². The fourth-order valence-electron chi connectivity index (χ4n) is 5.65. The number of rotatable bonds is 15. The van der Waals surface area contributed by atoms with Crippen molar-refractivity contribution in [2.75, 3.05) is 33.9 Å². The fraction of sp³-hybridized carbons (Fsp3) is 0.486. The average Bonchev–Trinajstić information content (AvgIpc) is 2.98. The molecule has 1 aliphatic rings. The van der Waals surface area contributed by atoms with Crippen LogP contribution in [0.1, 0.15) is 80.9 Å². The summed E-state index contributed by atoms with van der Waals surface area (Å²) in [6.07, 6.45) is 8.36. The molecular formula is C35H47NO4. The van der Waals surface area contributed by atoms with Crippen LogP contribution in [-0.4, -0.2) is 50.2 Å². The van der Waals surface area contributed by atoms with Gasteiger partial charge in [-0.2, -0.15) is 0 Å². The molecule has 1 saturated heterocycles. The third-order valence-corrected chi connectivity index (χ3v) is 7.88. The Morgan fingerprint density at radius 2 is 1.50 bits per heavy atom. The average molecular weight is 546 g/mol. The van der Waals surface area contributed by atoms with Crippen LogP contribution >= 0.6 is 0 Å². The molecule has 216 valence electrons. The van der Waals surface area contributed by atoms with Gasteiger partial charge in [0.1, 0.15) is 17.1 Å². The predicted molar refractivity (Wildman–Crippen MR) is 162 cm³/mol. The van der Waals surface area contributed by atoms with Gasteiger partial charge in [-0.15, -0.1) is 0 Å². The van der Waals surface area contributed by atoms with E-state index in [9.17, 15) is 5.11 Å². The van der Waals surface area contributed by atoms with Gasteiger partial charge in [-0.05, 0) is 93.7 Å². The lowest BCUT2D eigenvalue weighted by Gasteiger charge is -2.37. The summed E-state index contributed by atoms with van der Waals surface area (Å²) in [7, 11) is 4.24. The Morgan fingerprint density at radius 3 is 2.10 bits per heavy atom. The van der Waals surface area contributed by atoms with E-state index in [0.29, 0.717) is 6.61 Å². The highest BCUT2D eigenvalue weighted by Gasteiger charge is 2.40. The van der Waals surface area contributed by atoms with Crippen LogP contribution in [0.15, 0.2) is 78.9 Å². The summed E-state index contributed by atoms with van der Waals surface area (Å²) in [4.78, 5) is 2.23. The van der Waals surface area contributed by atoms with Crippen molar-refractivity contribution in [1.82, 2.24) is 4.90 Å². The van der Waals surface area contributed by atoms with Gasteiger partial charge in [0.25, 0.3) is 0 Å². The number of unbranched alkanes of at least 4 members (excludes halogenated alkanes) is 3. The molecule has 0 bridgehead atoms. The smallest absolute Gasteiger partial charge is 0.199 e. The van der Waals surface area contributed by atoms with Crippen molar-refractivity contribution in [3.05, 3.63) is 95.6 Å². The van der Waals surface area contributed by atoms with Gasteiger partial charge in [-0.25, -0.2) is 0 Å². The van der Waals surface area contributed by atoms with Crippen LogP contribution in [0.25, 0.3) is 0 Å². The number of aliphatic hydroxyl groups is 1. The standard InChI is InChI=1S/C35H47NO4/c1-4-33(28-14-8-7-9-15-28)35(37,30-19-23-32(24-20-30)40-34-16-10-13-27-39-34)29-17-21-31(22-18-29)38-26-12-6-5-11-25-36(2)3/h7-9,14-15,17-24,33-34,37H,4-6,10-13,16,25-27H2,1-3H3. The van der Waals surface area contributed by atoms with Crippen molar-refractivity contribution < 1.29 is 19.3 Å². The quantitative estimate of drug-likeness (QED) is 0.200. The molecule has 0 aliphatic carbocycles. The molecule has 1 N–H and O–H groups in total.